The van der Waals surface area contributed by atoms with E-state index in [2.05, 4.69) is 23.2 Å². The lowest BCUT2D eigenvalue weighted by Crippen LogP contribution is -1.97. The number of pyridine rings is 1. The molecule has 2 N–H and O–H groups in total. The number of aliphatic hydroxyl groups excluding tert-OH is 2. The first kappa shape index (κ1) is 12.8. The molecule has 1 aromatic heterocycles. The van der Waals surface area contributed by atoms with Crippen LogP contribution in [-0.4, -0.2) is 15.2 Å². The number of benzene rings is 2. The summed E-state index contributed by atoms with van der Waals surface area (Å²) in [5, 5.41) is 20.9. The van der Waals surface area contributed by atoms with Crippen LogP contribution in [0.3, 0.4) is 0 Å². The number of rotatable bonds is 3. The lowest BCUT2D eigenvalue weighted by Gasteiger charge is -2.09. The molecule has 20 heavy (non-hydrogen) atoms. The van der Waals surface area contributed by atoms with Gasteiger partial charge in [-0.05, 0) is 34.0 Å². The zero-order valence-electron chi connectivity index (χ0n) is 11.0. The fraction of sp³-hybridized carbons (Fsp3) is 0.118. The van der Waals surface area contributed by atoms with Crippen molar-refractivity contribution in [2.75, 3.05) is 0 Å². The lowest BCUT2D eigenvalue weighted by molar-refractivity contribution is 0.265. The summed E-state index contributed by atoms with van der Waals surface area (Å²) in [5.41, 5.74) is 3.18. The van der Waals surface area contributed by atoms with E-state index in [1.165, 1.54) is 0 Å². The standard InChI is InChI=1S/C17H15NO2/c19-10-14-8-13(9-15(11-20)18-14)17-7-3-5-12-4-1-2-6-16(12)17/h1-9,19-20H,10-11H2. The quantitative estimate of drug-likeness (QED) is 0.765. The van der Waals surface area contributed by atoms with Gasteiger partial charge < -0.3 is 10.2 Å². The summed E-state index contributed by atoms with van der Waals surface area (Å²) < 4.78 is 0. The van der Waals surface area contributed by atoms with Gasteiger partial charge in [0.25, 0.3) is 0 Å². The molecule has 3 aromatic rings. The van der Waals surface area contributed by atoms with Crippen molar-refractivity contribution in [1.82, 2.24) is 4.98 Å². The van der Waals surface area contributed by atoms with Gasteiger partial charge in [-0.1, -0.05) is 42.5 Å². The van der Waals surface area contributed by atoms with E-state index in [4.69, 9.17) is 0 Å². The lowest BCUT2D eigenvalue weighted by atomic mass is 9.98. The molecule has 3 nitrogen and oxygen atoms in total. The van der Waals surface area contributed by atoms with Crippen molar-refractivity contribution in [3.8, 4) is 11.1 Å². The minimum Gasteiger partial charge on any atom is -0.390 e. The van der Waals surface area contributed by atoms with Crippen molar-refractivity contribution in [3.05, 3.63) is 66.0 Å². The molecular weight excluding hydrogens is 250 g/mol. The molecule has 0 saturated carbocycles. The second-order valence-corrected chi connectivity index (χ2v) is 4.68. The van der Waals surface area contributed by atoms with Crippen molar-refractivity contribution in [1.29, 1.82) is 0 Å². The first-order chi connectivity index (χ1) is 9.81. The first-order valence-corrected chi connectivity index (χ1v) is 6.51. The summed E-state index contributed by atoms with van der Waals surface area (Å²) in [5.74, 6) is 0. The van der Waals surface area contributed by atoms with Crippen molar-refractivity contribution in [3.63, 3.8) is 0 Å². The predicted octanol–water partition coefficient (Wildman–Crippen LogP) is 2.89. The van der Waals surface area contributed by atoms with Gasteiger partial charge in [-0.25, -0.2) is 0 Å². The third-order valence-corrected chi connectivity index (χ3v) is 3.36. The minimum absolute atomic E-state index is 0.133. The molecule has 0 radical (unpaired) electrons. The maximum absolute atomic E-state index is 9.30. The Bertz CT molecular complexity index is 725. The van der Waals surface area contributed by atoms with Gasteiger partial charge in [-0.3, -0.25) is 4.98 Å². The van der Waals surface area contributed by atoms with E-state index in [9.17, 15) is 10.2 Å². The summed E-state index contributed by atoms with van der Waals surface area (Å²) in [6.07, 6.45) is 0. The SMILES string of the molecule is OCc1cc(-c2cccc3ccccc23)cc(CO)n1. The van der Waals surface area contributed by atoms with Crippen LogP contribution in [0.5, 0.6) is 0 Å². The van der Waals surface area contributed by atoms with Gasteiger partial charge >= 0.3 is 0 Å². The zero-order valence-corrected chi connectivity index (χ0v) is 11.0. The molecular formula is C17H15NO2. The van der Waals surface area contributed by atoms with Crippen LogP contribution < -0.4 is 0 Å². The van der Waals surface area contributed by atoms with Crippen LogP contribution in [0.15, 0.2) is 54.6 Å². The summed E-state index contributed by atoms with van der Waals surface area (Å²) in [7, 11) is 0. The predicted molar refractivity (Wildman–Crippen MR) is 79.0 cm³/mol. The van der Waals surface area contributed by atoms with Gasteiger partial charge in [0.1, 0.15) is 0 Å². The normalized spacial score (nSPS) is 10.9. The Morgan fingerprint density at radius 1 is 0.800 bits per heavy atom. The summed E-state index contributed by atoms with van der Waals surface area (Å²) in [6.45, 7) is -0.267. The highest BCUT2D eigenvalue weighted by atomic mass is 16.3. The fourth-order valence-corrected chi connectivity index (χ4v) is 2.44. The van der Waals surface area contributed by atoms with Crippen LogP contribution in [0.1, 0.15) is 11.4 Å². The maximum Gasteiger partial charge on any atom is 0.0853 e. The summed E-state index contributed by atoms with van der Waals surface area (Å²) in [6, 6.07) is 18.0. The van der Waals surface area contributed by atoms with E-state index in [1.54, 1.807) is 0 Å². The summed E-state index contributed by atoms with van der Waals surface area (Å²) >= 11 is 0. The molecule has 0 aliphatic heterocycles. The first-order valence-electron chi connectivity index (χ1n) is 6.51. The van der Waals surface area contributed by atoms with Gasteiger partial charge in [0.05, 0.1) is 24.6 Å². The van der Waals surface area contributed by atoms with Crippen molar-refractivity contribution < 1.29 is 10.2 Å². The molecule has 100 valence electrons. The number of nitrogens with zero attached hydrogens (tertiary/aromatic N) is 1. The molecule has 0 unspecified atom stereocenters. The molecule has 0 aliphatic rings. The number of fused-ring (bicyclic) bond motifs is 1. The topological polar surface area (TPSA) is 53.4 Å². The maximum atomic E-state index is 9.30. The average molecular weight is 265 g/mol. The minimum atomic E-state index is -0.133. The second-order valence-electron chi connectivity index (χ2n) is 4.68. The summed E-state index contributed by atoms with van der Waals surface area (Å²) in [4.78, 5) is 4.18. The highest BCUT2D eigenvalue weighted by Crippen LogP contribution is 2.29. The van der Waals surface area contributed by atoms with Crippen LogP contribution in [-0.2, 0) is 13.2 Å². The Kier molecular flexibility index (Phi) is 3.46. The molecule has 0 bridgehead atoms. The third-order valence-electron chi connectivity index (χ3n) is 3.36. The van der Waals surface area contributed by atoms with Crippen LogP contribution >= 0.6 is 0 Å². The molecule has 0 spiro atoms. The Hall–Kier alpha value is -2.23. The molecule has 0 aliphatic carbocycles. The monoisotopic (exact) mass is 265 g/mol. The molecule has 0 atom stereocenters. The number of aromatic nitrogens is 1. The molecule has 0 saturated heterocycles. The Morgan fingerprint density at radius 2 is 1.45 bits per heavy atom. The van der Waals surface area contributed by atoms with Crippen molar-refractivity contribution in [2.24, 2.45) is 0 Å². The van der Waals surface area contributed by atoms with E-state index >= 15 is 0 Å². The number of hydrogen-bond donors (Lipinski definition) is 2. The van der Waals surface area contributed by atoms with E-state index in [-0.39, 0.29) is 13.2 Å². The molecule has 0 amide bonds. The average Bonchev–Trinajstić information content (AvgIpc) is 2.53. The zero-order chi connectivity index (χ0) is 13.9. The van der Waals surface area contributed by atoms with Gasteiger partial charge in [-0.15, -0.1) is 0 Å². The molecule has 1 heterocycles. The largest absolute Gasteiger partial charge is 0.390 e. The van der Waals surface area contributed by atoms with Crippen LogP contribution in [0.2, 0.25) is 0 Å². The second kappa shape index (κ2) is 5.41. The molecule has 2 aromatic carbocycles. The van der Waals surface area contributed by atoms with Gasteiger partial charge in [0.15, 0.2) is 0 Å². The Labute approximate surface area is 117 Å². The Balaban J connectivity index is 2.25. The Morgan fingerprint density at radius 3 is 2.15 bits per heavy atom. The van der Waals surface area contributed by atoms with E-state index in [0.29, 0.717) is 11.4 Å². The molecule has 3 rings (SSSR count). The van der Waals surface area contributed by atoms with Crippen molar-refractivity contribution >= 4 is 10.8 Å². The third kappa shape index (κ3) is 2.29. The van der Waals surface area contributed by atoms with Crippen LogP contribution in [0, 0.1) is 0 Å². The van der Waals surface area contributed by atoms with E-state index in [1.807, 2.05) is 36.4 Å². The highest BCUT2D eigenvalue weighted by Gasteiger charge is 2.07. The van der Waals surface area contributed by atoms with Crippen molar-refractivity contribution in [2.45, 2.75) is 13.2 Å². The van der Waals surface area contributed by atoms with Gasteiger partial charge in [0.2, 0.25) is 0 Å². The van der Waals surface area contributed by atoms with Crippen LogP contribution in [0.25, 0.3) is 21.9 Å². The number of aliphatic hydroxyl groups is 2. The van der Waals surface area contributed by atoms with Gasteiger partial charge in [0, 0.05) is 0 Å². The van der Waals surface area contributed by atoms with Crippen LogP contribution in [0.4, 0.5) is 0 Å². The highest BCUT2D eigenvalue weighted by molar-refractivity contribution is 5.96. The fourth-order valence-electron chi connectivity index (χ4n) is 2.44. The number of hydrogen-bond acceptors (Lipinski definition) is 3. The van der Waals surface area contributed by atoms with E-state index in [0.717, 1.165) is 21.9 Å². The smallest absolute Gasteiger partial charge is 0.0853 e. The van der Waals surface area contributed by atoms with Gasteiger partial charge in [-0.2, -0.15) is 0 Å². The molecule has 0 fully saturated rings. The molecule has 3 heteroatoms. The van der Waals surface area contributed by atoms with E-state index < -0.39 is 0 Å².